The van der Waals surface area contributed by atoms with Gasteiger partial charge in [0.2, 0.25) is 0 Å². The highest BCUT2D eigenvalue weighted by Crippen LogP contribution is 2.17. The lowest BCUT2D eigenvalue weighted by atomic mass is 9.99. The Labute approximate surface area is 122 Å². The van der Waals surface area contributed by atoms with Crippen LogP contribution in [0.5, 0.6) is 0 Å². The fourth-order valence-corrected chi connectivity index (χ4v) is 2.59. The predicted octanol–water partition coefficient (Wildman–Crippen LogP) is 2.81. The van der Waals surface area contributed by atoms with Gasteiger partial charge in [-0.3, -0.25) is 4.79 Å². The van der Waals surface area contributed by atoms with Crippen LogP contribution < -0.4 is 0 Å². The van der Waals surface area contributed by atoms with Crippen molar-refractivity contribution in [1.82, 2.24) is 0 Å². The van der Waals surface area contributed by atoms with Crippen LogP contribution in [-0.2, 0) is 19.4 Å². The Morgan fingerprint density at radius 2 is 1.74 bits per heavy atom. The standard InChI is InChI=1S/C13H17BrO4S/c1-13(2,3)9-18-12(15)8-19(16,17)11-6-4-10(14)5-7-11/h4-7H,8-9H2,1-3H3. The van der Waals surface area contributed by atoms with Gasteiger partial charge >= 0.3 is 5.97 Å². The lowest BCUT2D eigenvalue weighted by Crippen LogP contribution is -2.23. The molecule has 0 fully saturated rings. The number of halogens is 1. The van der Waals surface area contributed by atoms with Crippen LogP contribution in [0.1, 0.15) is 20.8 Å². The minimum absolute atomic E-state index is 0.114. The third kappa shape index (κ3) is 5.74. The smallest absolute Gasteiger partial charge is 0.321 e. The molecule has 0 aliphatic heterocycles. The van der Waals surface area contributed by atoms with Crippen LogP contribution in [0.25, 0.3) is 0 Å². The summed E-state index contributed by atoms with van der Waals surface area (Å²) in [4.78, 5) is 11.6. The second-order valence-electron chi connectivity index (χ2n) is 5.43. The highest BCUT2D eigenvalue weighted by molar-refractivity contribution is 9.10. The number of hydrogen-bond acceptors (Lipinski definition) is 4. The molecular weight excluding hydrogens is 332 g/mol. The van der Waals surface area contributed by atoms with Crippen molar-refractivity contribution in [1.29, 1.82) is 0 Å². The van der Waals surface area contributed by atoms with E-state index in [-0.39, 0.29) is 16.9 Å². The molecule has 1 aromatic rings. The van der Waals surface area contributed by atoms with E-state index >= 15 is 0 Å². The Kier molecular flexibility index (Phi) is 5.15. The lowest BCUT2D eigenvalue weighted by molar-refractivity contribution is -0.143. The summed E-state index contributed by atoms with van der Waals surface area (Å²) in [6, 6.07) is 6.15. The molecule has 0 atom stereocenters. The highest BCUT2D eigenvalue weighted by atomic mass is 79.9. The molecule has 0 N–H and O–H groups in total. The van der Waals surface area contributed by atoms with Crippen LogP contribution >= 0.6 is 15.9 Å². The van der Waals surface area contributed by atoms with Gasteiger partial charge in [-0.05, 0) is 29.7 Å². The van der Waals surface area contributed by atoms with Gasteiger partial charge in [0.1, 0.15) is 0 Å². The molecule has 6 heteroatoms. The molecule has 0 aliphatic rings. The average molecular weight is 349 g/mol. The van der Waals surface area contributed by atoms with Gasteiger partial charge in [-0.25, -0.2) is 8.42 Å². The molecule has 106 valence electrons. The third-order valence-electron chi connectivity index (χ3n) is 2.15. The van der Waals surface area contributed by atoms with Crippen molar-refractivity contribution in [2.45, 2.75) is 25.7 Å². The van der Waals surface area contributed by atoms with Crippen LogP contribution in [-0.4, -0.2) is 26.7 Å². The summed E-state index contributed by atoms with van der Waals surface area (Å²) in [5, 5.41) is 0. The van der Waals surface area contributed by atoms with Gasteiger partial charge < -0.3 is 4.74 Å². The average Bonchev–Trinajstić information content (AvgIpc) is 2.25. The molecule has 0 spiro atoms. The normalized spacial score (nSPS) is 12.2. The number of carbonyl (C=O) groups excluding carboxylic acids is 1. The Bertz CT molecular complexity index is 541. The first kappa shape index (κ1) is 16.2. The van der Waals surface area contributed by atoms with E-state index in [1.54, 1.807) is 12.1 Å². The first-order valence-electron chi connectivity index (χ1n) is 5.74. The fraction of sp³-hybridized carbons (Fsp3) is 0.462. The van der Waals surface area contributed by atoms with Gasteiger partial charge in [0.05, 0.1) is 11.5 Å². The van der Waals surface area contributed by atoms with E-state index in [2.05, 4.69) is 15.9 Å². The Morgan fingerprint density at radius 1 is 1.21 bits per heavy atom. The molecule has 0 saturated heterocycles. The van der Waals surface area contributed by atoms with Crippen LogP contribution in [0.3, 0.4) is 0 Å². The van der Waals surface area contributed by atoms with Crippen molar-refractivity contribution in [2.24, 2.45) is 5.41 Å². The van der Waals surface area contributed by atoms with Crippen molar-refractivity contribution in [3.63, 3.8) is 0 Å². The molecule has 0 unspecified atom stereocenters. The van der Waals surface area contributed by atoms with Crippen LogP contribution in [0.4, 0.5) is 0 Å². The molecular formula is C13H17BrO4S. The quantitative estimate of drug-likeness (QED) is 0.785. The number of rotatable bonds is 4. The maximum absolute atomic E-state index is 12.0. The SMILES string of the molecule is CC(C)(C)COC(=O)CS(=O)(=O)c1ccc(Br)cc1. The van der Waals surface area contributed by atoms with Gasteiger partial charge in [-0.1, -0.05) is 36.7 Å². The van der Waals surface area contributed by atoms with Gasteiger partial charge in [-0.2, -0.15) is 0 Å². The molecule has 0 heterocycles. The van der Waals surface area contributed by atoms with E-state index in [1.165, 1.54) is 12.1 Å². The van der Waals surface area contributed by atoms with Crippen LogP contribution in [0.2, 0.25) is 0 Å². The molecule has 0 bridgehead atoms. The molecule has 0 amide bonds. The highest BCUT2D eigenvalue weighted by Gasteiger charge is 2.22. The third-order valence-corrected chi connectivity index (χ3v) is 4.28. The fourth-order valence-electron chi connectivity index (χ4n) is 1.22. The van der Waals surface area contributed by atoms with Crippen LogP contribution in [0, 0.1) is 5.41 Å². The summed E-state index contributed by atoms with van der Waals surface area (Å²) >= 11 is 3.22. The Morgan fingerprint density at radius 3 is 2.21 bits per heavy atom. The topological polar surface area (TPSA) is 60.4 Å². The minimum atomic E-state index is -3.64. The molecule has 1 rings (SSSR count). The summed E-state index contributed by atoms with van der Waals surface area (Å²) in [6.45, 7) is 5.91. The van der Waals surface area contributed by atoms with Crippen molar-refractivity contribution in [3.05, 3.63) is 28.7 Å². The van der Waals surface area contributed by atoms with Crippen molar-refractivity contribution in [2.75, 3.05) is 12.4 Å². The zero-order valence-corrected chi connectivity index (χ0v) is 13.5. The van der Waals surface area contributed by atoms with Gasteiger partial charge in [0, 0.05) is 4.47 Å². The molecule has 0 saturated carbocycles. The van der Waals surface area contributed by atoms with Crippen molar-refractivity contribution >= 4 is 31.7 Å². The molecule has 1 aromatic carbocycles. The summed E-state index contributed by atoms with van der Waals surface area (Å²) in [6.07, 6.45) is 0. The van der Waals surface area contributed by atoms with Crippen LogP contribution in [0.15, 0.2) is 33.6 Å². The second kappa shape index (κ2) is 6.05. The number of benzene rings is 1. The number of sulfone groups is 1. The van der Waals surface area contributed by atoms with E-state index in [1.807, 2.05) is 20.8 Å². The Balaban J connectivity index is 2.70. The van der Waals surface area contributed by atoms with E-state index in [0.29, 0.717) is 0 Å². The molecule has 4 nitrogen and oxygen atoms in total. The van der Waals surface area contributed by atoms with E-state index in [4.69, 9.17) is 4.74 Å². The first-order chi connectivity index (χ1) is 8.60. The zero-order valence-electron chi connectivity index (χ0n) is 11.1. The predicted molar refractivity (Wildman–Crippen MR) is 76.6 cm³/mol. The lowest BCUT2D eigenvalue weighted by Gasteiger charge is -2.17. The number of esters is 1. The summed E-state index contributed by atoms with van der Waals surface area (Å²) in [5.74, 6) is -1.36. The van der Waals surface area contributed by atoms with E-state index in [0.717, 1.165) is 4.47 Å². The largest absolute Gasteiger partial charge is 0.464 e. The van der Waals surface area contributed by atoms with Gasteiger partial charge in [0.25, 0.3) is 0 Å². The summed E-state index contributed by atoms with van der Waals surface area (Å²) in [5.41, 5.74) is -0.183. The first-order valence-corrected chi connectivity index (χ1v) is 8.19. The second-order valence-corrected chi connectivity index (χ2v) is 8.34. The van der Waals surface area contributed by atoms with Crippen molar-refractivity contribution < 1.29 is 17.9 Å². The Hall–Kier alpha value is -0.880. The van der Waals surface area contributed by atoms with Gasteiger partial charge in [-0.15, -0.1) is 0 Å². The number of carbonyl (C=O) groups is 1. The summed E-state index contributed by atoms with van der Waals surface area (Å²) < 4.78 is 29.7. The number of hydrogen-bond donors (Lipinski definition) is 0. The van der Waals surface area contributed by atoms with Crippen molar-refractivity contribution in [3.8, 4) is 0 Å². The molecule has 0 aromatic heterocycles. The number of ether oxygens (including phenoxy) is 1. The molecule has 19 heavy (non-hydrogen) atoms. The van der Waals surface area contributed by atoms with E-state index < -0.39 is 21.6 Å². The maximum Gasteiger partial charge on any atom is 0.321 e. The molecule has 0 aliphatic carbocycles. The molecule has 0 radical (unpaired) electrons. The van der Waals surface area contributed by atoms with E-state index in [9.17, 15) is 13.2 Å². The summed E-state index contributed by atoms with van der Waals surface area (Å²) in [7, 11) is -3.64. The monoisotopic (exact) mass is 348 g/mol. The van der Waals surface area contributed by atoms with Gasteiger partial charge in [0.15, 0.2) is 15.6 Å². The minimum Gasteiger partial charge on any atom is -0.464 e. The maximum atomic E-state index is 12.0. The zero-order chi connectivity index (χ0) is 14.7.